The number of aryl methyl sites for hydroxylation is 1. The molecule has 1 aliphatic carbocycles. The zero-order valence-corrected chi connectivity index (χ0v) is 9.22. The molecular formula is C11H14ClNO2. The lowest BCUT2D eigenvalue weighted by Gasteiger charge is -2.20. The highest BCUT2D eigenvalue weighted by molar-refractivity contribution is 6.30. The van der Waals surface area contributed by atoms with Gasteiger partial charge in [0.1, 0.15) is 5.15 Å². The van der Waals surface area contributed by atoms with E-state index in [0.717, 1.165) is 42.5 Å². The van der Waals surface area contributed by atoms with Gasteiger partial charge in [0.05, 0.1) is 13.2 Å². The van der Waals surface area contributed by atoms with Crippen LogP contribution in [0.1, 0.15) is 35.2 Å². The van der Waals surface area contributed by atoms with E-state index in [0.29, 0.717) is 10.7 Å². The summed E-state index contributed by atoms with van der Waals surface area (Å²) in [6, 6.07) is 0. The predicted octanol–water partition coefficient (Wildman–Crippen LogP) is 1.60. The lowest BCUT2D eigenvalue weighted by Crippen LogP contribution is -2.12. The molecule has 15 heavy (non-hydrogen) atoms. The van der Waals surface area contributed by atoms with Crippen molar-refractivity contribution in [1.29, 1.82) is 0 Å². The molecular weight excluding hydrogens is 214 g/mol. The number of aliphatic hydroxyl groups is 2. The number of nitrogens with zero attached hydrogens (tertiary/aromatic N) is 1. The predicted molar refractivity (Wildman–Crippen MR) is 57.7 cm³/mol. The number of aromatic nitrogens is 1. The average molecular weight is 228 g/mol. The number of hydrogen-bond acceptors (Lipinski definition) is 3. The van der Waals surface area contributed by atoms with Gasteiger partial charge in [-0.1, -0.05) is 11.6 Å². The first-order valence-electron chi connectivity index (χ1n) is 5.18. The summed E-state index contributed by atoms with van der Waals surface area (Å²) < 4.78 is 0. The van der Waals surface area contributed by atoms with Crippen LogP contribution in [0.4, 0.5) is 0 Å². The lowest BCUT2D eigenvalue weighted by molar-refractivity contribution is 0.258. The first-order valence-corrected chi connectivity index (χ1v) is 5.56. The molecule has 0 radical (unpaired) electrons. The highest BCUT2D eigenvalue weighted by atomic mass is 35.5. The van der Waals surface area contributed by atoms with Crippen LogP contribution in [0.2, 0.25) is 5.15 Å². The number of fused-ring (bicyclic) bond motifs is 1. The van der Waals surface area contributed by atoms with Gasteiger partial charge in [-0.05, 0) is 36.8 Å². The molecule has 2 N–H and O–H groups in total. The highest BCUT2D eigenvalue weighted by Gasteiger charge is 2.19. The second-order valence-electron chi connectivity index (χ2n) is 3.81. The van der Waals surface area contributed by atoms with Gasteiger partial charge < -0.3 is 10.2 Å². The van der Waals surface area contributed by atoms with Gasteiger partial charge in [-0.3, -0.25) is 0 Å². The van der Waals surface area contributed by atoms with Crippen LogP contribution in [0.3, 0.4) is 0 Å². The Balaban J connectivity index is 2.59. The van der Waals surface area contributed by atoms with Crippen LogP contribution in [0.5, 0.6) is 0 Å². The standard InChI is InChI=1S/C11H14ClNO2/c12-11-9(6-15)8(5-14)7-3-1-2-4-10(7)13-11/h14-15H,1-6H2. The van der Waals surface area contributed by atoms with E-state index >= 15 is 0 Å². The van der Waals surface area contributed by atoms with E-state index in [1.165, 1.54) is 0 Å². The monoisotopic (exact) mass is 227 g/mol. The first kappa shape index (κ1) is 10.9. The van der Waals surface area contributed by atoms with E-state index in [4.69, 9.17) is 11.6 Å². The Bertz CT molecular complexity index is 379. The quantitative estimate of drug-likeness (QED) is 0.755. The molecule has 0 amide bonds. The van der Waals surface area contributed by atoms with Crippen molar-refractivity contribution in [3.05, 3.63) is 27.5 Å². The molecule has 0 atom stereocenters. The first-order chi connectivity index (χ1) is 7.27. The summed E-state index contributed by atoms with van der Waals surface area (Å²) in [5.41, 5.74) is 3.46. The minimum atomic E-state index is -0.158. The number of rotatable bonds is 2. The Morgan fingerprint density at radius 1 is 1.07 bits per heavy atom. The summed E-state index contributed by atoms with van der Waals surface area (Å²) in [5.74, 6) is 0. The molecule has 0 fully saturated rings. The molecule has 0 unspecified atom stereocenters. The van der Waals surface area contributed by atoms with Crippen LogP contribution in [-0.4, -0.2) is 15.2 Å². The van der Waals surface area contributed by atoms with Crippen LogP contribution >= 0.6 is 11.6 Å². The summed E-state index contributed by atoms with van der Waals surface area (Å²) in [7, 11) is 0. The normalized spacial score (nSPS) is 15.1. The van der Waals surface area contributed by atoms with E-state index < -0.39 is 0 Å². The van der Waals surface area contributed by atoms with E-state index in [1.54, 1.807) is 0 Å². The summed E-state index contributed by atoms with van der Waals surface area (Å²) in [6.07, 6.45) is 4.10. The summed E-state index contributed by atoms with van der Waals surface area (Å²) in [5, 5.41) is 18.9. The second kappa shape index (κ2) is 4.47. The fraction of sp³-hybridized carbons (Fsp3) is 0.545. The summed E-state index contributed by atoms with van der Waals surface area (Å²) in [4.78, 5) is 4.29. The SMILES string of the molecule is OCc1c(Cl)nc2c(c1CO)CCCC2. The van der Waals surface area contributed by atoms with Gasteiger partial charge in [-0.15, -0.1) is 0 Å². The van der Waals surface area contributed by atoms with Gasteiger partial charge in [0.15, 0.2) is 0 Å². The van der Waals surface area contributed by atoms with Crippen LogP contribution in [-0.2, 0) is 26.1 Å². The molecule has 0 saturated carbocycles. The third-order valence-electron chi connectivity index (χ3n) is 2.97. The maximum atomic E-state index is 9.33. The van der Waals surface area contributed by atoms with Crippen molar-refractivity contribution in [2.45, 2.75) is 38.9 Å². The molecule has 2 rings (SSSR count). The van der Waals surface area contributed by atoms with Gasteiger partial charge in [-0.25, -0.2) is 4.98 Å². The Labute approximate surface area is 93.7 Å². The lowest BCUT2D eigenvalue weighted by atomic mass is 9.90. The van der Waals surface area contributed by atoms with Gasteiger partial charge in [0.25, 0.3) is 0 Å². The van der Waals surface area contributed by atoms with Crippen LogP contribution in [0, 0.1) is 0 Å². The van der Waals surface area contributed by atoms with Gasteiger partial charge in [0, 0.05) is 11.3 Å². The summed E-state index contributed by atoms with van der Waals surface area (Å²) in [6.45, 7) is -0.227. The maximum absolute atomic E-state index is 9.33. The molecule has 1 aliphatic rings. The zero-order valence-electron chi connectivity index (χ0n) is 8.46. The minimum absolute atomic E-state index is 0.0690. The number of pyridine rings is 1. The second-order valence-corrected chi connectivity index (χ2v) is 4.17. The van der Waals surface area contributed by atoms with Crippen molar-refractivity contribution in [1.82, 2.24) is 4.98 Å². The van der Waals surface area contributed by atoms with Crippen molar-refractivity contribution in [3.63, 3.8) is 0 Å². The fourth-order valence-corrected chi connectivity index (χ4v) is 2.46. The topological polar surface area (TPSA) is 53.4 Å². The molecule has 1 aromatic heterocycles. The molecule has 0 bridgehead atoms. The largest absolute Gasteiger partial charge is 0.392 e. The molecule has 82 valence electrons. The molecule has 0 saturated heterocycles. The molecule has 1 heterocycles. The molecule has 0 spiro atoms. The van der Waals surface area contributed by atoms with Gasteiger partial charge >= 0.3 is 0 Å². The van der Waals surface area contributed by atoms with E-state index in [-0.39, 0.29) is 13.2 Å². The van der Waals surface area contributed by atoms with Crippen molar-refractivity contribution >= 4 is 11.6 Å². The van der Waals surface area contributed by atoms with Crippen molar-refractivity contribution < 1.29 is 10.2 Å². The van der Waals surface area contributed by atoms with Crippen molar-refractivity contribution in [2.75, 3.05) is 0 Å². The third-order valence-corrected chi connectivity index (χ3v) is 3.28. The average Bonchev–Trinajstić information content (AvgIpc) is 2.27. The molecule has 3 nitrogen and oxygen atoms in total. The maximum Gasteiger partial charge on any atom is 0.135 e. The third kappa shape index (κ3) is 1.87. The molecule has 4 heteroatoms. The zero-order chi connectivity index (χ0) is 10.8. The van der Waals surface area contributed by atoms with E-state index in [1.807, 2.05) is 0 Å². The number of hydrogen-bond donors (Lipinski definition) is 2. The van der Waals surface area contributed by atoms with Gasteiger partial charge in [0.2, 0.25) is 0 Å². The number of halogens is 1. The van der Waals surface area contributed by atoms with Crippen LogP contribution < -0.4 is 0 Å². The Hall–Kier alpha value is -0.640. The smallest absolute Gasteiger partial charge is 0.135 e. The van der Waals surface area contributed by atoms with Crippen molar-refractivity contribution in [2.24, 2.45) is 0 Å². The van der Waals surface area contributed by atoms with E-state index in [2.05, 4.69) is 4.98 Å². The minimum Gasteiger partial charge on any atom is -0.392 e. The van der Waals surface area contributed by atoms with Gasteiger partial charge in [-0.2, -0.15) is 0 Å². The Morgan fingerprint density at radius 3 is 2.40 bits per heavy atom. The number of aliphatic hydroxyl groups excluding tert-OH is 2. The van der Waals surface area contributed by atoms with E-state index in [9.17, 15) is 10.2 Å². The van der Waals surface area contributed by atoms with Crippen LogP contribution in [0.15, 0.2) is 0 Å². The Kier molecular flexibility index (Phi) is 3.24. The highest BCUT2D eigenvalue weighted by Crippen LogP contribution is 2.29. The Morgan fingerprint density at radius 2 is 1.73 bits per heavy atom. The summed E-state index contributed by atoms with van der Waals surface area (Å²) >= 11 is 5.96. The van der Waals surface area contributed by atoms with Crippen molar-refractivity contribution in [3.8, 4) is 0 Å². The molecule has 1 aromatic rings. The fourth-order valence-electron chi connectivity index (χ4n) is 2.18. The molecule has 0 aliphatic heterocycles. The van der Waals surface area contributed by atoms with Crippen LogP contribution in [0.25, 0.3) is 0 Å². The molecule has 0 aromatic carbocycles.